The molecular weight excluding hydrogens is 194 g/mol. The third-order valence-corrected chi connectivity index (χ3v) is 3.85. The zero-order valence-electron chi connectivity index (χ0n) is 10.2. The molecule has 0 unspecified atom stereocenters. The maximum absolute atomic E-state index is 9.45. The first-order chi connectivity index (χ1) is 7.72. The summed E-state index contributed by atoms with van der Waals surface area (Å²) in [6.07, 6.45) is 4.62. The van der Waals surface area contributed by atoms with Crippen molar-refractivity contribution in [2.24, 2.45) is 5.92 Å². The normalized spacial score (nSPS) is 28.2. The lowest BCUT2D eigenvalue weighted by Gasteiger charge is -2.43. The van der Waals surface area contributed by atoms with E-state index in [0.29, 0.717) is 0 Å². The highest BCUT2D eigenvalue weighted by molar-refractivity contribution is 5.41. The Morgan fingerprint density at radius 1 is 1.38 bits per heavy atom. The van der Waals surface area contributed by atoms with Crippen LogP contribution >= 0.6 is 0 Å². The largest absolute Gasteiger partial charge is 0.197 e. The summed E-state index contributed by atoms with van der Waals surface area (Å²) in [6, 6.07) is 10.9. The van der Waals surface area contributed by atoms with E-state index in [4.69, 9.17) is 0 Å². The Morgan fingerprint density at radius 3 is 2.62 bits per heavy atom. The van der Waals surface area contributed by atoms with Gasteiger partial charge in [-0.1, -0.05) is 44.0 Å². The molecule has 2 rings (SSSR count). The lowest BCUT2D eigenvalue weighted by atomic mass is 9.58. The van der Waals surface area contributed by atoms with E-state index >= 15 is 0 Å². The van der Waals surface area contributed by atoms with Crippen molar-refractivity contribution in [1.29, 1.82) is 5.26 Å². The Morgan fingerprint density at radius 2 is 2.06 bits per heavy atom. The van der Waals surface area contributed by atoms with Crippen LogP contribution in [-0.2, 0) is 5.41 Å². The first-order valence-corrected chi connectivity index (χ1v) is 6.19. The maximum Gasteiger partial charge on any atom is 0.0830 e. The average molecular weight is 213 g/mol. The van der Waals surface area contributed by atoms with Gasteiger partial charge in [0.25, 0.3) is 0 Å². The monoisotopic (exact) mass is 213 g/mol. The number of hydrogen-bond acceptors (Lipinski definition) is 1. The quantitative estimate of drug-likeness (QED) is 0.745. The topological polar surface area (TPSA) is 23.8 Å². The number of aryl methyl sites for hydroxylation is 1. The molecule has 1 aromatic carbocycles. The molecule has 0 saturated heterocycles. The fourth-order valence-corrected chi connectivity index (χ4v) is 3.02. The van der Waals surface area contributed by atoms with Gasteiger partial charge in [-0.25, -0.2) is 0 Å². The summed E-state index contributed by atoms with van der Waals surface area (Å²) in [5, 5.41) is 9.45. The average Bonchev–Trinajstić information content (AvgIpc) is 2.24. The molecule has 0 radical (unpaired) electrons. The zero-order chi connectivity index (χ0) is 11.6. The van der Waals surface area contributed by atoms with Crippen LogP contribution in [0.2, 0.25) is 0 Å². The highest BCUT2D eigenvalue weighted by Crippen LogP contribution is 2.49. The van der Waals surface area contributed by atoms with Crippen LogP contribution in [0.3, 0.4) is 0 Å². The Bertz CT molecular complexity index is 408. The van der Waals surface area contributed by atoms with Gasteiger partial charge in [0.1, 0.15) is 0 Å². The smallest absolute Gasteiger partial charge is 0.0830 e. The van der Waals surface area contributed by atoms with Crippen LogP contribution in [0, 0.1) is 24.2 Å². The molecule has 1 fully saturated rings. The molecule has 0 bridgehead atoms. The van der Waals surface area contributed by atoms with Crippen LogP contribution in [0.25, 0.3) is 0 Å². The standard InChI is InChI=1S/C15H19N/c1-3-6-13-9-15(10-13,11-16)14-8-5-4-7-12(14)2/h4-5,7-8,13H,3,6,9-10H2,1-2H3. The van der Waals surface area contributed by atoms with Crippen LogP contribution in [0.4, 0.5) is 0 Å². The van der Waals surface area contributed by atoms with E-state index in [1.807, 2.05) is 6.07 Å². The number of hydrogen-bond donors (Lipinski definition) is 0. The number of nitrogens with zero attached hydrogens (tertiary/aromatic N) is 1. The number of benzene rings is 1. The van der Waals surface area contributed by atoms with Crippen LogP contribution in [0.1, 0.15) is 43.7 Å². The third kappa shape index (κ3) is 1.73. The molecule has 0 amide bonds. The van der Waals surface area contributed by atoms with Crippen molar-refractivity contribution >= 4 is 0 Å². The van der Waals surface area contributed by atoms with Crippen LogP contribution < -0.4 is 0 Å². The van der Waals surface area contributed by atoms with E-state index in [1.165, 1.54) is 24.0 Å². The van der Waals surface area contributed by atoms with Gasteiger partial charge >= 0.3 is 0 Å². The van der Waals surface area contributed by atoms with Crippen molar-refractivity contribution < 1.29 is 0 Å². The summed E-state index contributed by atoms with van der Waals surface area (Å²) in [7, 11) is 0. The lowest BCUT2D eigenvalue weighted by Crippen LogP contribution is -2.40. The Hall–Kier alpha value is -1.29. The molecule has 1 aliphatic carbocycles. The summed E-state index contributed by atoms with van der Waals surface area (Å²) < 4.78 is 0. The highest BCUT2D eigenvalue weighted by Gasteiger charge is 2.45. The number of rotatable bonds is 3. The van der Waals surface area contributed by atoms with Gasteiger partial charge in [-0.3, -0.25) is 0 Å². The summed E-state index contributed by atoms with van der Waals surface area (Å²) in [4.78, 5) is 0. The molecule has 0 N–H and O–H groups in total. The van der Waals surface area contributed by atoms with Crippen molar-refractivity contribution in [3.63, 3.8) is 0 Å². The third-order valence-electron chi connectivity index (χ3n) is 3.85. The van der Waals surface area contributed by atoms with Crippen LogP contribution in [0.5, 0.6) is 0 Å². The van der Waals surface area contributed by atoms with Gasteiger partial charge in [0.2, 0.25) is 0 Å². The van der Waals surface area contributed by atoms with E-state index in [1.54, 1.807) is 0 Å². The molecule has 16 heavy (non-hydrogen) atoms. The van der Waals surface area contributed by atoms with E-state index in [2.05, 4.69) is 38.1 Å². The van der Waals surface area contributed by atoms with Crippen molar-refractivity contribution in [3.8, 4) is 6.07 Å². The second-order valence-corrected chi connectivity index (χ2v) is 5.07. The van der Waals surface area contributed by atoms with Crippen molar-refractivity contribution in [1.82, 2.24) is 0 Å². The summed E-state index contributed by atoms with van der Waals surface area (Å²) in [5.41, 5.74) is 2.34. The molecule has 0 spiro atoms. The van der Waals surface area contributed by atoms with E-state index in [9.17, 15) is 5.26 Å². The second-order valence-electron chi connectivity index (χ2n) is 5.07. The fraction of sp³-hybridized carbons (Fsp3) is 0.533. The molecular formula is C15H19N. The number of nitriles is 1. The molecule has 84 valence electrons. The second kappa shape index (κ2) is 4.29. The minimum Gasteiger partial charge on any atom is -0.197 e. The van der Waals surface area contributed by atoms with E-state index in [-0.39, 0.29) is 5.41 Å². The van der Waals surface area contributed by atoms with Crippen molar-refractivity contribution in [2.45, 2.75) is 44.9 Å². The van der Waals surface area contributed by atoms with Gasteiger partial charge in [0.05, 0.1) is 11.5 Å². The van der Waals surface area contributed by atoms with Gasteiger partial charge in [-0.05, 0) is 36.8 Å². The summed E-state index contributed by atoms with van der Waals surface area (Å²) in [6.45, 7) is 4.34. The molecule has 1 aromatic rings. The SMILES string of the molecule is CCCC1CC(C#N)(c2ccccc2C)C1. The van der Waals surface area contributed by atoms with Crippen molar-refractivity contribution in [3.05, 3.63) is 35.4 Å². The Balaban J connectivity index is 2.21. The minimum atomic E-state index is -0.175. The van der Waals surface area contributed by atoms with Gasteiger partial charge in [-0.15, -0.1) is 0 Å². The first kappa shape index (κ1) is 11.2. The van der Waals surface area contributed by atoms with E-state index < -0.39 is 0 Å². The van der Waals surface area contributed by atoms with Crippen molar-refractivity contribution in [2.75, 3.05) is 0 Å². The minimum absolute atomic E-state index is 0.175. The lowest BCUT2D eigenvalue weighted by molar-refractivity contribution is 0.184. The van der Waals surface area contributed by atoms with Gasteiger partial charge in [0, 0.05) is 0 Å². The summed E-state index contributed by atoms with van der Waals surface area (Å²) >= 11 is 0. The summed E-state index contributed by atoms with van der Waals surface area (Å²) in [5.74, 6) is 0.768. The first-order valence-electron chi connectivity index (χ1n) is 6.19. The van der Waals surface area contributed by atoms with Gasteiger partial charge in [-0.2, -0.15) is 5.26 Å². The molecule has 0 atom stereocenters. The van der Waals surface area contributed by atoms with Crippen LogP contribution in [-0.4, -0.2) is 0 Å². The predicted molar refractivity (Wildman–Crippen MR) is 66.1 cm³/mol. The maximum atomic E-state index is 9.45. The zero-order valence-corrected chi connectivity index (χ0v) is 10.2. The van der Waals surface area contributed by atoms with Gasteiger partial charge in [0.15, 0.2) is 0 Å². The fourth-order valence-electron chi connectivity index (χ4n) is 3.02. The Labute approximate surface area is 98.1 Å². The molecule has 1 saturated carbocycles. The molecule has 0 heterocycles. The molecule has 1 aliphatic rings. The molecule has 1 nitrogen and oxygen atoms in total. The molecule has 0 aromatic heterocycles. The van der Waals surface area contributed by atoms with Gasteiger partial charge < -0.3 is 0 Å². The Kier molecular flexibility index (Phi) is 3.01. The molecule has 0 aliphatic heterocycles. The van der Waals surface area contributed by atoms with Crippen LogP contribution in [0.15, 0.2) is 24.3 Å². The highest BCUT2D eigenvalue weighted by atomic mass is 14.5. The predicted octanol–water partition coefficient (Wildman–Crippen LogP) is 3.97. The van der Waals surface area contributed by atoms with E-state index in [0.717, 1.165) is 18.8 Å². The molecule has 1 heteroatoms.